The summed E-state index contributed by atoms with van der Waals surface area (Å²) in [7, 11) is -4.04. The van der Waals surface area contributed by atoms with Gasteiger partial charge in [-0.15, -0.1) is 11.3 Å². The standard InChI is InChI=1S/C24H26Cl2N2O3S2/c1-18(2)14-28(33(30,31)23-13-20(25)10-11-22(23)26)17-24(29)27(16-21-9-6-12-32-21)15-19-7-4-3-5-8-19/h3-13,18H,14-17H2,1-2H3. The molecule has 0 spiro atoms. The predicted octanol–water partition coefficient (Wildman–Crippen LogP) is 5.93. The van der Waals surface area contributed by atoms with Crippen LogP contribution in [0.25, 0.3) is 0 Å². The Morgan fingerprint density at radius 1 is 1.00 bits per heavy atom. The minimum Gasteiger partial charge on any atom is -0.332 e. The van der Waals surface area contributed by atoms with Crippen molar-refractivity contribution in [3.05, 3.63) is 86.5 Å². The first kappa shape index (κ1) is 25.7. The van der Waals surface area contributed by atoms with Crippen molar-refractivity contribution in [3.8, 4) is 0 Å². The lowest BCUT2D eigenvalue weighted by atomic mass is 10.2. The van der Waals surface area contributed by atoms with Gasteiger partial charge in [0.15, 0.2) is 0 Å². The highest BCUT2D eigenvalue weighted by Crippen LogP contribution is 2.28. The summed E-state index contributed by atoms with van der Waals surface area (Å²) in [6, 6.07) is 17.8. The molecule has 2 aromatic carbocycles. The average Bonchev–Trinajstić information content (AvgIpc) is 3.28. The molecule has 0 fully saturated rings. The number of amides is 1. The van der Waals surface area contributed by atoms with Crippen LogP contribution >= 0.6 is 34.5 Å². The molecule has 33 heavy (non-hydrogen) atoms. The van der Waals surface area contributed by atoms with Crippen LogP contribution in [0.1, 0.15) is 24.3 Å². The van der Waals surface area contributed by atoms with Gasteiger partial charge in [-0.3, -0.25) is 4.79 Å². The van der Waals surface area contributed by atoms with Gasteiger partial charge >= 0.3 is 0 Å². The van der Waals surface area contributed by atoms with Crippen molar-refractivity contribution in [3.63, 3.8) is 0 Å². The first-order valence-corrected chi connectivity index (χ1v) is 13.5. The molecule has 176 valence electrons. The smallest absolute Gasteiger partial charge is 0.245 e. The Labute approximate surface area is 209 Å². The second kappa shape index (κ2) is 11.5. The van der Waals surface area contributed by atoms with E-state index in [1.54, 1.807) is 16.2 Å². The third-order valence-corrected chi connectivity index (χ3v) is 8.28. The summed E-state index contributed by atoms with van der Waals surface area (Å²) in [4.78, 5) is 16.1. The molecule has 0 radical (unpaired) electrons. The van der Waals surface area contributed by atoms with Gasteiger partial charge in [-0.1, -0.05) is 73.4 Å². The molecule has 0 aliphatic heterocycles. The zero-order valence-corrected chi connectivity index (χ0v) is 21.6. The van der Waals surface area contributed by atoms with Crippen molar-refractivity contribution in [2.45, 2.75) is 31.8 Å². The summed E-state index contributed by atoms with van der Waals surface area (Å²) >= 11 is 13.8. The summed E-state index contributed by atoms with van der Waals surface area (Å²) in [6.45, 7) is 4.47. The van der Waals surface area contributed by atoms with Crippen molar-refractivity contribution >= 4 is 50.5 Å². The van der Waals surface area contributed by atoms with E-state index in [9.17, 15) is 13.2 Å². The van der Waals surface area contributed by atoms with Crippen molar-refractivity contribution in [1.29, 1.82) is 0 Å². The zero-order chi connectivity index (χ0) is 24.0. The van der Waals surface area contributed by atoms with Gasteiger partial charge in [-0.25, -0.2) is 8.42 Å². The normalized spacial score (nSPS) is 11.8. The Bertz CT molecular complexity index is 1170. The van der Waals surface area contributed by atoms with Crippen LogP contribution in [0.2, 0.25) is 10.0 Å². The highest BCUT2D eigenvalue weighted by molar-refractivity contribution is 7.89. The lowest BCUT2D eigenvalue weighted by molar-refractivity contribution is -0.132. The summed E-state index contributed by atoms with van der Waals surface area (Å²) < 4.78 is 28.2. The van der Waals surface area contributed by atoms with E-state index in [0.717, 1.165) is 10.4 Å². The molecule has 1 aromatic heterocycles. The maximum atomic E-state index is 13.5. The Hall–Kier alpha value is -1.90. The second-order valence-electron chi connectivity index (χ2n) is 8.08. The number of halogens is 2. The Morgan fingerprint density at radius 3 is 2.36 bits per heavy atom. The Balaban J connectivity index is 1.90. The number of hydrogen-bond acceptors (Lipinski definition) is 4. The van der Waals surface area contributed by atoms with E-state index >= 15 is 0 Å². The predicted molar refractivity (Wildman–Crippen MR) is 135 cm³/mol. The largest absolute Gasteiger partial charge is 0.332 e. The third-order valence-electron chi connectivity index (χ3n) is 4.89. The Morgan fingerprint density at radius 2 is 1.73 bits per heavy atom. The number of carbonyl (C=O) groups is 1. The van der Waals surface area contributed by atoms with Crippen LogP contribution in [-0.2, 0) is 27.9 Å². The van der Waals surface area contributed by atoms with Crippen LogP contribution < -0.4 is 0 Å². The van der Waals surface area contributed by atoms with E-state index in [-0.39, 0.29) is 39.9 Å². The van der Waals surface area contributed by atoms with E-state index in [1.165, 1.54) is 22.5 Å². The molecule has 0 bridgehead atoms. The van der Waals surface area contributed by atoms with Gasteiger partial charge in [0.2, 0.25) is 15.9 Å². The zero-order valence-electron chi connectivity index (χ0n) is 18.4. The van der Waals surface area contributed by atoms with Crippen molar-refractivity contribution < 1.29 is 13.2 Å². The van der Waals surface area contributed by atoms with Crippen LogP contribution in [0.4, 0.5) is 0 Å². The number of hydrogen-bond donors (Lipinski definition) is 0. The molecular weight excluding hydrogens is 499 g/mol. The SMILES string of the molecule is CC(C)CN(CC(=O)N(Cc1ccccc1)Cc1cccs1)S(=O)(=O)c1cc(Cl)ccc1Cl. The van der Waals surface area contributed by atoms with E-state index in [4.69, 9.17) is 23.2 Å². The van der Waals surface area contributed by atoms with Gasteiger partial charge in [-0.05, 0) is 41.1 Å². The number of rotatable bonds is 10. The van der Waals surface area contributed by atoms with Crippen molar-refractivity contribution in [1.82, 2.24) is 9.21 Å². The van der Waals surface area contributed by atoms with E-state index in [1.807, 2.05) is 61.7 Å². The fraction of sp³-hybridized carbons (Fsp3) is 0.292. The number of thiophene rings is 1. The van der Waals surface area contributed by atoms with E-state index in [0.29, 0.717) is 13.1 Å². The molecule has 0 N–H and O–H groups in total. The molecule has 0 saturated heterocycles. The molecule has 0 atom stereocenters. The van der Waals surface area contributed by atoms with Gasteiger partial charge in [0.1, 0.15) is 4.90 Å². The molecule has 3 rings (SSSR count). The summed E-state index contributed by atoms with van der Waals surface area (Å²) in [5.41, 5.74) is 0.971. The van der Waals surface area contributed by atoms with Gasteiger partial charge in [-0.2, -0.15) is 4.31 Å². The van der Waals surface area contributed by atoms with E-state index < -0.39 is 10.0 Å². The average molecular weight is 526 g/mol. The molecule has 9 heteroatoms. The molecular formula is C24H26Cl2N2O3S2. The molecule has 0 saturated carbocycles. The summed E-state index contributed by atoms with van der Waals surface area (Å²) in [6.07, 6.45) is 0. The number of benzene rings is 2. The maximum absolute atomic E-state index is 13.5. The van der Waals surface area contributed by atoms with Gasteiger partial charge in [0.25, 0.3) is 0 Å². The van der Waals surface area contributed by atoms with Crippen molar-refractivity contribution in [2.75, 3.05) is 13.1 Å². The quantitative estimate of drug-likeness (QED) is 0.330. The van der Waals surface area contributed by atoms with Crippen LogP contribution in [-0.4, -0.2) is 36.6 Å². The van der Waals surface area contributed by atoms with Gasteiger partial charge < -0.3 is 4.90 Å². The van der Waals surface area contributed by atoms with Crippen LogP contribution in [0.5, 0.6) is 0 Å². The topological polar surface area (TPSA) is 57.7 Å². The monoisotopic (exact) mass is 524 g/mol. The number of nitrogens with zero attached hydrogens (tertiary/aromatic N) is 2. The lowest BCUT2D eigenvalue weighted by Crippen LogP contribution is -2.43. The molecule has 1 heterocycles. The highest BCUT2D eigenvalue weighted by atomic mass is 35.5. The van der Waals surface area contributed by atoms with Crippen LogP contribution in [0, 0.1) is 5.92 Å². The molecule has 0 aliphatic rings. The van der Waals surface area contributed by atoms with Crippen LogP contribution in [0.15, 0.2) is 70.9 Å². The maximum Gasteiger partial charge on any atom is 0.245 e. The highest BCUT2D eigenvalue weighted by Gasteiger charge is 2.31. The Kier molecular flexibility index (Phi) is 8.95. The minimum atomic E-state index is -4.04. The molecule has 5 nitrogen and oxygen atoms in total. The minimum absolute atomic E-state index is 0.00500. The molecule has 3 aromatic rings. The third kappa shape index (κ3) is 7.04. The molecule has 0 aliphatic carbocycles. The fourth-order valence-corrected chi connectivity index (χ4v) is 6.36. The summed E-state index contributed by atoms with van der Waals surface area (Å²) in [5, 5.41) is 2.29. The number of carbonyl (C=O) groups excluding carboxylic acids is 1. The second-order valence-corrected chi connectivity index (χ2v) is 11.9. The number of sulfonamides is 1. The van der Waals surface area contributed by atoms with Crippen LogP contribution in [0.3, 0.4) is 0 Å². The first-order valence-electron chi connectivity index (χ1n) is 10.5. The molecule has 1 amide bonds. The van der Waals surface area contributed by atoms with Gasteiger partial charge in [0.05, 0.1) is 18.1 Å². The fourth-order valence-electron chi connectivity index (χ4n) is 3.35. The van der Waals surface area contributed by atoms with E-state index in [2.05, 4.69) is 0 Å². The van der Waals surface area contributed by atoms with Crippen molar-refractivity contribution in [2.24, 2.45) is 5.92 Å². The lowest BCUT2D eigenvalue weighted by Gasteiger charge is -2.28. The first-order chi connectivity index (χ1) is 15.7. The molecule has 0 unspecified atom stereocenters. The van der Waals surface area contributed by atoms with Gasteiger partial charge in [0, 0.05) is 23.0 Å². The summed E-state index contributed by atoms with van der Waals surface area (Å²) in [5.74, 6) is -0.278.